The molecular weight excluding hydrogens is 623 g/mol. The molecule has 0 rings (SSSR count). The van der Waals surface area contributed by atoms with Gasteiger partial charge >= 0.3 is 0 Å². The summed E-state index contributed by atoms with van der Waals surface area (Å²) in [5.74, 6) is 0. The number of hydrogen-bond donors (Lipinski definition) is 2. The fourth-order valence-corrected chi connectivity index (χ4v) is 5.89. The lowest BCUT2D eigenvalue weighted by atomic mass is 10.1. The smallest absolute Gasteiger partial charge is 0.00477 e. The SMILES string of the molecule is C=C(C)CCCCCCCC.CCCCCCCCCC.CCCCCCCCCCC=N.CCCCCCCCCCCCCCC.CS. The highest BCUT2D eigenvalue weighted by molar-refractivity contribution is 7.79. The maximum Gasteiger partial charge on any atom is -0.00477 e. The summed E-state index contributed by atoms with van der Waals surface area (Å²) in [5.41, 5.74) is 1.33. The molecule has 0 aliphatic heterocycles. The molecule has 0 spiro atoms. The Morgan fingerprint density at radius 2 is 0.540 bits per heavy atom. The molecule has 0 fully saturated rings. The van der Waals surface area contributed by atoms with Crippen molar-refractivity contribution in [1.29, 1.82) is 5.41 Å². The molecule has 0 bridgehead atoms. The first-order valence-corrected chi connectivity index (χ1v) is 24.0. The lowest BCUT2D eigenvalue weighted by molar-refractivity contribution is 0.542. The van der Waals surface area contributed by atoms with Crippen LogP contribution < -0.4 is 0 Å². The van der Waals surface area contributed by atoms with Gasteiger partial charge in [-0.15, -0.1) is 6.58 Å². The van der Waals surface area contributed by atoms with E-state index < -0.39 is 0 Å². The molecule has 0 heterocycles. The van der Waals surface area contributed by atoms with Crippen LogP contribution in [-0.2, 0) is 0 Å². The van der Waals surface area contributed by atoms with Gasteiger partial charge in [0.1, 0.15) is 0 Å². The fourth-order valence-electron chi connectivity index (χ4n) is 5.89. The molecule has 0 unspecified atom stereocenters. The van der Waals surface area contributed by atoms with E-state index in [1.54, 1.807) is 6.26 Å². The van der Waals surface area contributed by atoms with Crippen LogP contribution in [-0.4, -0.2) is 12.5 Å². The predicted molar refractivity (Wildman–Crippen MR) is 243 cm³/mol. The summed E-state index contributed by atoms with van der Waals surface area (Å²) in [5, 5.41) is 6.85. The standard InChI is InChI=1S/C15H32.C11H23N.C11H22.C10H22.CH4S/c1-3-5-7-9-11-13-15-14-12-10-8-6-4-2;1-2-3-4-5-6-7-8-9-10-11-12;1-4-5-6-7-8-9-10-11(2)3;1-3-5-7-9-10-8-6-4-2;1-2/h3-15H2,1-2H3;11-12H,2-10H2,1H3;2,4-10H2,1,3H3;3-10H2,1-2H3;2H,1H3. The summed E-state index contributed by atoms with van der Waals surface area (Å²) >= 11 is 3.53. The van der Waals surface area contributed by atoms with E-state index in [9.17, 15) is 0 Å². The lowest BCUT2D eigenvalue weighted by Crippen LogP contribution is -1.82. The average Bonchev–Trinajstić information content (AvgIpc) is 3.13. The second-order valence-corrected chi connectivity index (χ2v) is 15.0. The molecular formula is C48H103NS. The minimum atomic E-state index is 0.981. The molecule has 306 valence electrons. The molecule has 0 aromatic heterocycles. The third kappa shape index (κ3) is 81.7. The van der Waals surface area contributed by atoms with Crippen LogP contribution in [0, 0.1) is 5.41 Å². The molecule has 0 aromatic rings. The van der Waals surface area contributed by atoms with Crippen LogP contribution in [0.25, 0.3) is 0 Å². The molecule has 1 nitrogen and oxygen atoms in total. The molecule has 0 amide bonds. The first-order valence-electron chi connectivity index (χ1n) is 23.1. The van der Waals surface area contributed by atoms with Crippen LogP contribution in [0.2, 0.25) is 0 Å². The van der Waals surface area contributed by atoms with Gasteiger partial charge in [0.05, 0.1) is 0 Å². The Balaban J connectivity index is -0.000000179. The van der Waals surface area contributed by atoms with Crippen LogP contribution in [0.15, 0.2) is 12.2 Å². The Morgan fingerprint density at radius 3 is 0.720 bits per heavy atom. The highest BCUT2D eigenvalue weighted by atomic mass is 32.1. The van der Waals surface area contributed by atoms with Crippen molar-refractivity contribution < 1.29 is 0 Å². The van der Waals surface area contributed by atoms with Crippen molar-refractivity contribution in [3.05, 3.63) is 12.2 Å². The van der Waals surface area contributed by atoms with Gasteiger partial charge in [-0.2, -0.15) is 12.6 Å². The zero-order valence-corrected chi connectivity index (χ0v) is 37.8. The molecule has 0 aliphatic rings. The van der Waals surface area contributed by atoms with Gasteiger partial charge < -0.3 is 5.41 Å². The van der Waals surface area contributed by atoms with E-state index in [4.69, 9.17) is 5.41 Å². The Labute approximate surface area is 327 Å². The normalized spacial score (nSPS) is 10.0. The van der Waals surface area contributed by atoms with Crippen LogP contribution in [0.4, 0.5) is 0 Å². The van der Waals surface area contributed by atoms with Crippen molar-refractivity contribution in [2.24, 2.45) is 0 Å². The maximum absolute atomic E-state index is 6.85. The third-order valence-electron chi connectivity index (χ3n) is 9.32. The lowest BCUT2D eigenvalue weighted by Gasteiger charge is -2.01. The molecule has 0 aromatic carbocycles. The van der Waals surface area contributed by atoms with E-state index in [0.29, 0.717) is 0 Å². The molecule has 2 heteroatoms. The van der Waals surface area contributed by atoms with Gasteiger partial charge in [-0.25, -0.2) is 0 Å². The van der Waals surface area contributed by atoms with Gasteiger partial charge in [0.15, 0.2) is 0 Å². The Kier molecular flexibility index (Phi) is 79.1. The van der Waals surface area contributed by atoms with Crippen LogP contribution in [0.3, 0.4) is 0 Å². The molecule has 0 radical (unpaired) electrons. The van der Waals surface area contributed by atoms with E-state index in [1.807, 2.05) is 0 Å². The Morgan fingerprint density at radius 1 is 0.360 bits per heavy atom. The summed E-state index contributed by atoms with van der Waals surface area (Å²) in [7, 11) is 0. The van der Waals surface area contributed by atoms with Crippen molar-refractivity contribution in [3.8, 4) is 0 Å². The second kappa shape index (κ2) is 66.9. The molecule has 0 saturated carbocycles. The molecule has 0 atom stereocenters. The van der Waals surface area contributed by atoms with Crippen molar-refractivity contribution in [2.45, 2.75) is 286 Å². The molecule has 50 heavy (non-hydrogen) atoms. The fraction of sp³-hybridized carbons (Fsp3) is 0.938. The van der Waals surface area contributed by atoms with Gasteiger partial charge in [-0.1, -0.05) is 259 Å². The van der Waals surface area contributed by atoms with Gasteiger partial charge in [-0.05, 0) is 45.1 Å². The highest BCUT2D eigenvalue weighted by Crippen LogP contribution is 2.13. The maximum atomic E-state index is 6.85. The molecule has 0 saturated heterocycles. The third-order valence-corrected chi connectivity index (χ3v) is 9.32. The minimum Gasteiger partial charge on any atom is -0.313 e. The molecule has 0 aliphatic carbocycles. The topological polar surface area (TPSA) is 23.9 Å². The zero-order chi connectivity index (χ0) is 38.4. The minimum absolute atomic E-state index is 0.981. The predicted octanol–water partition coefficient (Wildman–Crippen LogP) is 19.3. The number of hydrogen-bond acceptors (Lipinski definition) is 2. The van der Waals surface area contributed by atoms with Gasteiger partial charge in [0.2, 0.25) is 0 Å². The zero-order valence-electron chi connectivity index (χ0n) is 36.9. The van der Waals surface area contributed by atoms with E-state index in [0.717, 1.165) is 6.42 Å². The summed E-state index contributed by atoms with van der Waals surface area (Å²) in [4.78, 5) is 0. The van der Waals surface area contributed by atoms with Gasteiger partial charge in [-0.3, -0.25) is 0 Å². The van der Waals surface area contributed by atoms with Crippen molar-refractivity contribution in [1.82, 2.24) is 0 Å². The summed E-state index contributed by atoms with van der Waals surface area (Å²) in [6.45, 7) is 19.6. The van der Waals surface area contributed by atoms with Gasteiger partial charge in [0.25, 0.3) is 0 Å². The second-order valence-electron chi connectivity index (χ2n) is 15.0. The number of allylic oxidation sites excluding steroid dienone is 1. The Bertz CT molecular complexity index is 496. The average molecular weight is 726 g/mol. The number of unbranched alkanes of at least 4 members (excludes halogenated alkanes) is 32. The van der Waals surface area contributed by atoms with Crippen LogP contribution in [0.1, 0.15) is 286 Å². The Hall–Kier alpha value is -0.240. The largest absolute Gasteiger partial charge is 0.313 e. The van der Waals surface area contributed by atoms with Crippen molar-refractivity contribution in [3.63, 3.8) is 0 Å². The summed E-state index contributed by atoms with van der Waals surface area (Å²) < 4.78 is 0. The summed E-state index contributed by atoms with van der Waals surface area (Å²) in [6, 6.07) is 0. The monoisotopic (exact) mass is 726 g/mol. The van der Waals surface area contributed by atoms with Crippen molar-refractivity contribution in [2.75, 3.05) is 6.26 Å². The first-order chi connectivity index (χ1) is 24.5. The summed E-state index contributed by atoms with van der Waals surface area (Å²) in [6.07, 6.45) is 55.0. The number of thiol groups is 1. The first kappa shape index (κ1) is 59.1. The van der Waals surface area contributed by atoms with E-state index in [-0.39, 0.29) is 0 Å². The van der Waals surface area contributed by atoms with Gasteiger partial charge in [0, 0.05) is 0 Å². The van der Waals surface area contributed by atoms with Crippen LogP contribution >= 0.6 is 12.6 Å². The van der Waals surface area contributed by atoms with E-state index in [1.165, 1.54) is 243 Å². The quantitative estimate of drug-likeness (QED) is 0.0281. The van der Waals surface area contributed by atoms with E-state index >= 15 is 0 Å². The molecule has 1 N–H and O–H groups in total. The van der Waals surface area contributed by atoms with E-state index in [2.05, 4.69) is 67.7 Å². The highest BCUT2D eigenvalue weighted by Gasteiger charge is 1.93. The number of nitrogens with one attached hydrogen (secondary N) is 1. The van der Waals surface area contributed by atoms with Crippen LogP contribution in [0.5, 0.6) is 0 Å². The van der Waals surface area contributed by atoms with Crippen molar-refractivity contribution >= 4 is 18.8 Å². The number of rotatable bonds is 35.